The van der Waals surface area contributed by atoms with E-state index in [0.29, 0.717) is 6.42 Å². The van der Waals surface area contributed by atoms with Crippen LogP contribution in [0.5, 0.6) is 0 Å². The second-order valence-electron chi connectivity index (χ2n) is 3.30. The van der Waals surface area contributed by atoms with Gasteiger partial charge in [-0.1, -0.05) is 6.92 Å². The summed E-state index contributed by atoms with van der Waals surface area (Å²) in [6.45, 7) is 1.38. The average Bonchev–Trinajstić information content (AvgIpc) is 2.12. The summed E-state index contributed by atoms with van der Waals surface area (Å²) in [5.74, 6) is -0.821. The molecule has 5 atom stereocenters. The van der Waals surface area contributed by atoms with E-state index >= 15 is 0 Å². The molecular formula is C8H16O5. The Balaban J connectivity index is 2.66. The molecular weight excluding hydrogens is 176 g/mol. The van der Waals surface area contributed by atoms with Crippen molar-refractivity contribution in [3.8, 4) is 0 Å². The number of ether oxygens (including phenoxy) is 1. The van der Waals surface area contributed by atoms with E-state index in [1.807, 2.05) is 0 Å². The third kappa shape index (κ3) is 2.00. The van der Waals surface area contributed by atoms with Gasteiger partial charge in [-0.25, -0.2) is 0 Å². The van der Waals surface area contributed by atoms with E-state index in [2.05, 4.69) is 0 Å². The van der Waals surface area contributed by atoms with Crippen LogP contribution in [-0.4, -0.2) is 51.6 Å². The van der Waals surface area contributed by atoms with Gasteiger partial charge in [0.05, 0.1) is 24.7 Å². The average molecular weight is 192 g/mol. The number of hydrogen-bond acceptors (Lipinski definition) is 5. The number of hydrogen-bond donors (Lipinski definition) is 4. The topological polar surface area (TPSA) is 90.2 Å². The van der Waals surface area contributed by atoms with Gasteiger partial charge in [0, 0.05) is 0 Å². The third-order valence-corrected chi connectivity index (χ3v) is 2.46. The molecule has 0 aliphatic carbocycles. The van der Waals surface area contributed by atoms with E-state index in [1.165, 1.54) is 0 Å². The molecule has 0 aromatic heterocycles. The Morgan fingerprint density at radius 2 is 1.77 bits per heavy atom. The summed E-state index contributed by atoms with van der Waals surface area (Å²) in [6, 6.07) is 0. The van der Waals surface area contributed by atoms with Gasteiger partial charge in [0.2, 0.25) is 0 Å². The zero-order valence-electron chi connectivity index (χ0n) is 7.50. The summed E-state index contributed by atoms with van der Waals surface area (Å²) in [6.07, 6.45) is -3.42. The lowest BCUT2D eigenvalue weighted by Gasteiger charge is -2.39. The van der Waals surface area contributed by atoms with Crippen LogP contribution in [0.25, 0.3) is 0 Å². The van der Waals surface area contributed by atoms with Crippen molar-refractivity contribution in [2.75, 3.05) is 6.61 Å². The van der Waals surface area contributed by atoms with E-state index in [-0.39, 0.29) is 0 Å². The molecule has 5 heteroatoms. The van der Waals surface area contributed by atoms with Crippen LogP contribution in [0, 0.1) is 5.92 Å². The van der Waals surface area contributed by atoms with Gasteiger partial charge in [-0.15, -0.1) is 0 Å². The standard InChI is InChI=1S/C8H16O5/c1-2-5-7(11)6(10)4(3-9)8(12)13-5/h4-12H,2-3H2,1H3/t4?,5-,6+,7+,8?/m0/s1. The molecule has 0 amide bonds. The van der Waals surface area contributed by atoms with E-state index in [9.17, 15) is 15.3 Å². The molecule has 0 radical (unpaired) electrons. The Kier molecular flexibility index (Phi) is 3.63. The van der Waals surface area contributed by atoms with Gasteiger partial charge < -0.3 is 25.2 Å². The van der Waals surface area contributed by atoms with Gasteiger partial charge in [-0.05, 0) is 6.42 Å². The molecule has 5 nitrogen and oxygen atoms in total. The van der Waals surface area contributed by atoms with Crippen LogP contribution in [-0.2, 0) is 4.74 Å². The molecule has 4 N–H and O–H groups in total. The van der Waals surface area contributed by atoms with Crippen LogP contribution < -0.4 is 0 Å². The minimum Gasteiger partial charge on any atom is -0.396 e. The van der Waals surface area contributed by atoms with Crippen LogP contribution in [0.2, 0.25) is 0 Å². The maximum atomic E-state index is 9.46. The molecule has 2 unspecified atom stereocenters. The quantitative estimate of drug-likeness (QED) is 0.425. The SMILES string of the molecule is CC[C@@H]1OC(O)C(CO)[C@@H](O)[C@@H]1O. The smallest absolute Gasteiger partial charge is 0.162 e. The molecule has 0 aromatic carbocycles. The van der Waals surface area contributed by atoms with Gasteiger partial charge in [-0.2, -0.15) is 0 Å². The van der Waals surface area contributed by atoms with Crippen molar-refractivity contribution >= 4 is 0 Å². The molecule has 0 spiro atoms. The van der Waals surface area contributed by atoms with Crippen molar-refractivity contribution in [2.45, 2.75) is 37.9 Å². The van der Waals surface area contributed by atoms with Gasteiger partial charge in [0.25, 0.3) is 0 Å². The maximum absolute atomic E-state index is 9.46. The minimum absolute atomic E-state index is 0.407. The van der Waals surface area contributed by atoms with Crippen molar-refractivity contribution in [3.63, 3.8) is 0 Å². The zero-order chi connectivity index (χ0) is 10.0. The molecule has 13 heavy (non-hydrogen) atoms. The Bertz CT molecular complexity index is 163. The molecule has 78 valence electrons. The van der Waals surface area contributed by atoms with Crippen molar-refractivity contribution in [2.24, 2.45) is 5.92 Å². The minimum atomic E-state index is -1.20. The van der Waals surface area contributed by atoms with E-state index in [4.69, 9.17) is 9.84 Å². The molecule has 1 aliphatic heterocycles. The Morgan fingerprint density at radius 3 is 2.23 bits per heavy atom. The largest absolute Gasteiger partial charge is 0.396 e. The highest BCUT2D eigenvalue weighted by molar-refractivity contribution is 4.87. The summed E-state index contributed by atoms with van der Waals surface area (Å²) in [5, 5.41) is 37.0. The summed E-state index contributed by atoms with van der Waals surface area (Å²) < 4.78 is 5.01. The molecule has 1 heterocycles. The molecule has 1 aliphatic rings. The number of aliphatic hydroxyl groups excluding tert-OH is 4. The Hall–Kier alpha value is -0.200. The van der Waals surface area contributed by atoms with Crippen molar-refractivity contribution < 1.29 is 25.2 Å². The van der Waals surface area contributed by atoms with Crippen LogP contribution >= 0.6 is 0 Å². The monoisotopic (exact) mass is 192 g/mol. The fourth-order valence-electron chi connectivity index (χ4n) is 1.54. The van der Waals surface area contributed by atoms with Crippen LogP contribution in [0.3, 0.4) is 0 Å². The van der Waals surface area contributed by atoms with Crippen LogP contribution in [0.4, 0.5) is 0 Å². The van der Waals surface area contributed by atoms with E-state index < -0.39 is 37.1 Å². The first-order chi connectivity index (χ1) is 6.11. The summed E-state index contributed by atoms with van der Waals surface area (Å²) >= 11 is 0. The first-order valence-electron chi connectivity index (χ1n) is 4.42. The lowest BCUT2D eigenvalue weighted by molar-refractivity contribution is -0.269. The lowest BCUT2D eigenvalue weighted by Crippen LogP contribution is -2.55. The number of aliphatic hydroxyl groups is 4. The van der Waals surface area contributed by atoms with Gasteiger partial charge in [0.15, 0.2) is 6.29 Å². The predicted molar refractivity (Wildman–Crippen MR) is 43.8 cm³/mol. The van der Waals surface area contributed by atoms with E-state index in [1.54, 1.807) is 6.92 Å². The highest BCUT2D eigenvalue weighted by atomic mass is 16.6. The van der Waals surface area contributed by atoms with Gasteiger partial charge in [0.1, 0.15) is 6.10 Å². The third-order valence-electron chi connectivity index (χ3n) is 2.46. The van der Waals surface area contributed by atoms with Crippen LogP contribution in [0.1, 0.15) is 13.3 Å². The Morgan fingerprint density at radius 1 is 1.15 bits per heavy atom. The molecule has 1 saturated heterocycles. The normalized spacial score (nSPS) is 46.4. The van der Waals surface area contributed by atoms with Crippen molar-refractivity contribution in [3.05, 3.63) is 0 Å². The summed E-state index contributed by atoms with van der Waals surface area (Å²) in [7, 11) is 0. The molecule has 1 fully saturated rings. The van der Waals surface area contributed by atoms with Crippen molar-refractivity contribution in [1.82, 2.24) is 0 Å². The molecule has 0 saturated carbocycles. The second-order valence-corrected chi connectivity index (χ2v) is 3.30. The maximum Gasteiger partial charge on any atom is 0.162 e. The zero-order valence-corrected chi connectivity index (χ0v) is 7.50. The second kappa shape index (κ2) is 4.34. The molecule has 1 rings (SSSR count). The lowest BCUT2D eigenvalue weighted by atomic mass is 9.90. The van der Waals surface area contributed by atoms with Gasteiger partial charge in [-0.3, -0.25) is 0 Å². The number of rotatable bonds is 2. The van der Waals surface area contributed by atoms with E-state index in [0.717, 1.165) is 0 Å². The first-order valence-corrected chi connectivity index (χ1v) is 4.42. The fourth-order valence-corrected chi connectivity index (χ4v) is 1.54. The first kappa shape index (κ1) is 10.9. The molecule has 0 aromatic rings. The van der Waals surface area contributed by atoms with Gasteiger partial charge >= 0.3 is 0 Å². The van der Waals surface area contributed by atoms with Crippen molar-refractivity contribution in [1.29, 1.82) is 0 Å². The highest BCUT2D eigenvalue weighted by Crippen LogP contribution is 2.25. The van der Waals surface area contributed by atoms with Crippen LogP contribution in [0.15, 0.2) is 0 Å². The molecule has 0 bridgehead atoms. The fraction of sp³-hybridized carbons (Fsp3) is 1.00. The summed E-state index contributed by atoms with van der Waals surface area (Å²) in [5.41, 5.74) is 0. The Labute approximate surface area is 76.6 Å². The predicted octanol–water partition coefficient (Wildman–Crippen LogP) is -1.56. The summed E-state index contributed by atoms with van der Waals surface area (Å²) in [4.78, 5) is 0. The highest BCUT2D eigenvalue weighted by Gasteiger charge is 2.42.